The Balaban J connectivity index is 1.99. The quantitative estimate of drug-likeness (QED) is 0.815. The fraction of sp³-hybridized carbons (Fsp3) is 0.636. The van der Waals surface area contributed by atoms with Crippen LogP contribution in [0.4, 0.5) is 11.6 Å². The lowest BCUT2D eigenvalue weighted by Gasteiger charge is -2.30. The standard InChI is InChI=1S/C11H18N4/c1-12-10-6-11(14-8-13-10)15(2)7-9-4-3-5-9/h6,8-9H,3-5,7H2,1-2H3,(H,12,13,14). The van der Waals surface area contributed by atoms with Crippen LogP contribution in [0.5, 0.6) is 0 Å². The van der Waals surface area contributed by atoms with Crippen molar-refractivity contribution in [3.05, 3.63) is 12.4 Å². The smallest absolute Gasteiger partial charge is 0.133 e. The summed E-state index contributed by atoms with van der Waals surface area (Å²) in [6, 6.07) is 1.98. The highest BCUT2D eigenvalue weighted by atomic mass is 15.2. The molecular weight excluding hydrogens is 188 g/mol. The summed E-state index contributed by atoms with van der Waals surface area (Å²) in [5.41, 5.74) is 0. The van der Waals surface area contributed by atoms with Gasteiger partial charge in [0, 0.05) is 26.7 Å². The normalized spacial score (nSPS) is 15.9. The second-order valence-corrected chi connectivity index (χ2v) is 4.19. The van der Waals surface area contributed by atoms with E-state index in [9.17, 15) is 0 Å². The van der Waals surface area contributed by atoms with Crippen molar-refractivity contribution in [1.82, 2.24) is 9.97 Å². The molecule has 82 valence electrons. The van der Waals surface area contributed by atoms with E-state index in [2.05, 4.69) is 27.2 Å². The van der Waals surface area contributed by atoms with Crippen LogP contribution < -0.4 is 10.2 Å². The zero-order valence-corrected chi connectivity index (χ0v) is 9.40. The Morgan fingerprint density at radius 2 is 2.27 bits per heavy atom. The Morgan fingerprint density at radius 3 is 2.87 bits per heavy atom. The van der Waals surface area contributed by atoms with E-state index in [1.54, 1.807) is 6.33 Å². The first-order valence-electron chi connectivity index (χ1n) is 5.50. The first-order chi connectivity index (χ1) is 7.29. The van der Waals surface area contributed by atoms with Gasteiger partial charge < -0.3 is 10.2 Å². The highest BCUT2D eigenvalue weighted by Gasteiger charge is 2.19. The van der Waals surface area contributed by atoms with Crippen LogP contribution in [0.25, 0.3) is 0 Å². The Labute approximate surface area is 90.7 Å². The molecule has 1 heterocycles. The maximum Gasteiger partial charge on any atom is 0.133 e. The summed E-state index contributed by atoms with van der Waals surface area (Å²) in [4.78, 5) is 10.6. The van der Waals surface area contributed by atoms with Crippen LogP contribution in [0.2, 0.25) is 0 Å². The third kappa shape index (κ3) is 2.37. The maximum absolute atomic E-state index is 4.27. The van der Waals surface area contributed by atoms with Gasteiger partial charge in [0.05, 0.1) is 0 Å². The van der Waals surface area contributed by atoms with E-state index < -0.39 is 0 Å². The highest BCUT2D eigenvalue weighted by molar-refractivity contribution is 5.47. The monoisotopic (exact) mass is 206 g/mol. The van der Waals surface area contributed by atoms with E-state index >= 15 is 0 Å². The topological polar surface area (TPSA) is 41.0 Å². The SMILES string of the molecule is CNc1cc(N(C)CC2CCC2)ncn1. The molecule has 1 aromatic heterocycles. The Bertz CT molecular complexity index is 322. The molecule has 4 nitrogen and oxygen atoms in total. The Morgan fingerprint density at radius 1 is 1.47 bits per heavy atom. The van der Waals surface area contributed by atoms with Gasteiger partial charge in [0.2, 0.25) is 0 Å². The number of hydrogen-bond acceptors (Lipinski definition) is 4. The number of hydrogen-bond donors (Lipinski definition) is 1. The molecule has 0 amide bonds. The van der Waals surface area contributed by atoms with Gasteiger partial charge in [-0.25, -0.2) is 9.97 Å². The number of nitrogens with zero attached hydrogens (tertiary/aromatic N) is 3. The molecule has 1 aliphatic carbocycles. The van der Waals surface area contributed by atoms with E-state index in [4.69, 9.17) is 0 Å². The van der Waals surface area contributed by atoms with Crippen LogP contribution in [0.1, 0.15) is 19.3 Å². The largest absolute Gasteiger partial charge is 0.373 e. The Hall–Kier alpha value is -1.32. The molecule has 0 bridgehead atoms. The molecular formula is C11H18N4. The molecule has 1 fully saturated rings. The summed E-state index contributed by atoms with van der Waals surface area (Å²) in [7, 11) is 3.97. The molecule has 0 aromatic carbocycles. The molecule has 0 atom stereocenters. The second kappa shape index (κ2) is 4.47. The van der Waals surface area contributed by atoms with Crippen molar-refractivity contribution in [3.63, 3.8) is 0 Å². The summed E-state index contributed by atoms with van der Waals surface area (Å²) < 4.78 is 0. The van der Waals surface area contributed by atoms with Gasteiger partial charge in [-0.15, -0.1) is 0 Å². The van der Waals surface area contributed by atoms with Crippen molar-refractivity contribution in [2.45, 2.75) is 19.3 Å². The predicted octanol–water partition coefficient (Wildman–Crippen LogP) is 1.75. The lowest BCUT2D eigenvalue weighted by atomic mass is 9.85. The number of anilines is 2. The van der Waals surface area contributed by atoms with E-state index in [1.165, 1.54) is 19.3 Å². The van der Waals surface area contributed by atoms with Crippen LogP contribution in [0, 0.1) is 5.92 Å². The third-order valence-corrected chi connectivity index (χ3v) is 3.06. The molecule has 0 unspecified atom stereocenters. The van der Waals surface area contributed by atoms with Crippen LogP contribution in [-0.2, 0) is 0 Å². The van der Waals surface area contributed by atoms with Crippen molar-refractivity contribution in [3.8, 4) is 0 Å². The molecule has 2 rings (SSSR count). The molecule has 1 N–H and O–H groups in total. The molecule has 4 heteroatoms. The van der Waals surface area contributed by atoms with Crippen LogP contribution >= 0.6 is 0 Å². The molecule has 0 saturated heterocycles. The van der Waals surface area contributed by atoms with Gasteiger partial charge in [-0.1, -0.05) is 6.42 Å². The third-order valence-electron chi connectivity index (χ3n) is 3.06. The number of rotatable bonds is 4. The average molecular weight is 206 g/mol. The van der Waals surface area contributed by atoms with Crippen molar-refractivity contribution in [2.24, 2.45) is 5.92 Å². The van der Waals surface area contributed by atoms with Crippen molar-refractivity contribution >= 4 is 11.6 Å². The van der Waals surface area contributed by atoms with Crippen LogP contribution in [0.15, 0.2) is 12.4 Å². The van der Waals surface area contributed by atoms with Crippen LogP contribution in [0.3, 0.4) is 0 Å². The minimum Gasteiger partial charge on any atom is -0.373 e. The summed E-state index contributed by atoms with van der Waals surface area (Å²) in [6.45, 7) is 1.11. The molecule has 15 heavy (non-hydrogen) atoms. The van der Waals surface area contributed by atoms with Crippen molar-refractivity contribution < 1.29 is 0 Å². The molecule has 1 aromatic rings. The minimum atomic E-state index is 0.864. The van der Waals surface area contributed by atoms with Gasteiger partial charge in [-0.3, -0.25) is 0 Å². The number of aromatic nitrogens is 2. The second-order valence-electron chi connectivity index (χ2n) is 4.19. The maximum atomic E-state index is 4.27. The summed E-state index contributed by atoms with van der Waals surface area (Å²) in [5.74, 6) is 2.74. The summed E-state index contributed by atoms with van der Waals surface area (Å²) in [6.07, 6.45) is 5.74. The van der Waals surface area contributed by atoms with E-state index in [0.717, 1.165) is 24.1 Å². The summed E-state index contributed by atoms with van der Waals surface area (Å²) in [5, 5.41) is 3.03. The van der Waals surface area contributed by atoms with E-state index in [1.807, 2.05) is 13.1 Å². The van der Waals surface area contributed by atoms with Crippen LogP contribution in [-0.4, -0.2) is 30.6 Å². The fourth-order valence-corrected chi connectivity index (χ4v) is 1.85. The first kappa shape index (κ1) is 10.2. The first-order valence-corrected chi connectivity index (χ1v) is 5.50. The molecule has 1 saturated carbocycles. The highest BCUT2D eigenvalue weighted by Crippen LogP contribution is 2.28. The van der Waals surface area contributed by atoms with Gasteiger partial charge in [0.25, 0.3) is 0 Å². The molecule has 1 aliphatic rings. The van der Waals surface area contributed by atoms with E-state index in [-0.39, 0.29) is 0 Å². The van der Waals surface area contributed by atoms with E-state index in [0.29, 0.717) is 0 Å². The fourth-order valence-electron chi connectivity index (χ4n) is 1.85. The summed E-state index contributed by atoms with van der Waals surface area (Å²) >= 11 is 0. The zero-order chi connectivity index (χ0) is 10.7. The van der Waals surface area contributed by atoms with Gasteiger partial charge in [0.15, 0.2) is 0 Å². The van der Waals surface area contributed by atoms with Gasteiger partial charge in [0.1, 0.15) is 18.0 Å². The van der Waals surface area contributed by atoms with Gasteiger partial charge in [-0.2, -0.15) is 0 Å². The molecule has 0 spiro atoms. The predicted molar refractivity (Wildman–Crippen MR) is 62.2 cm³/mol. The average Bonchev–Trinajstić information content (AvgIpc) is 2.23. The van der Waals surface area contributed by atoms with Gasteiger partial charge >= 0.3 is 0 Å². The minimum absolute atomic E-state index is 0.864. The molecule has 0 radical (unpaired) electrons. The lowest BCUT2D eigenvalue weighted by molar-refractivity contribution is 0.321. The van der Waals surface area contributed by atoms with Crippen molar-refractivity contribution in [2.75, 3.05) is 30.9 Å². The number of nitrogens with one attached hydrogen (secondary N) is 1. The zero-order valence-electron chi connectivity index (χ0n) is 9.40. The molecule has 0 aliphatic heterocycles. The lowest BCUT2D eigenvalue weighted by Crippen LogP contribution is -2.29. The Kier molecular flexibility index (Phi) is 3.04. The van der Waals surface area contributed by atoms with Crippen molar-refractivity contribution in [1.29, 1.82) is 0 Å². The van der Waals surface area contributed by atoms with Gasteiger partial charge in [-0.05, 0) is 18.8 Å².